The first-order valence-corrected chi connectivity index (χ1v) is 10.4. The van der Waals surface area contributed by atoms with Crippen LogP contribution in [0.25, 0.3) is 11.1 Å². The first-order chi connectivity index (χ1) is 14.6. The van der Waals surface area contributed by atoms with Crippen molar-refractivity contribution in [2.45, 2.75) is 38.5 Å². The summed E-state index contributed by atoms with van der Waals surface area (Å²) in [4.78, 5) is 26.4. The maximum atomic E-state index is 13.3. The van der Waals surface area contributed by atoms with Crippen molar-refractivity contribution >= 4 is 5.91 Å². The van der Waals surface area contributed by atoms with Gasteiger partial charge in [0.15, 0.2) is 0 Å². The lowest BCUT2D eigenvalue weighted by Gasteiger charge is -2.18. The van der Waals surface area contributed by atoms with Crippen LogP contribution in [0.5, 0.6) is 0 Å². The lowest BCUT2D eigenvalue weighted by molar-refractivity contribution is 0.0923. The summed E-state index contributed by atoms with van der Waals surface area (Å²) in [5, 5.41) is 3.13. The summed E-state index contributed by atoms with van der Waals surface area (Å²) in [5.41, 5.74) is 4.99. The van der Waals surface area contributed by atoms with E-state index in [1.165, 1.54) is 0 Å². The Hall–Kier alpha value is -3.18. The first kappa shape index (κ1) is 18.8. The number of carbonyl (C=O) groups excluding carboxylic acids is 1. The molecule has 1 amide bonds. The van der Waals surface area contributed by atoms with E-state index in [2.05, 4.69) is 17.4 Å². The van der Waals surface area contributed by atoms with Crippen LogP contribution in [-0.4, -0.2) is 23.2 Å². The van der Waals surface area contributed by atoms with Crippen LogP contribution in [0.4, 0.5) is 0 Å². The van der Waals surface area contributed by atoms with Gasteiger partial charge in [-0.15, -0.1) is 0 Å². The Bertz CT molecular complexity index is 1130. The van der Waals surface area contributed by atoms with Gasteiger partial charge in [-0.1, -0.05) is 48.5 Å². The highest BCUT2D eigenvalue weighted by molar-refractivity contribution is 5.96. The monoisotopic (exact) mass is 400 g/mol. The number of hydrogen-bond donors (Lipinski definition) is 1. The van der Waals surface area contributed by atoms with E-state index in [-0.39, 0.29) is 29.2 Å². The molecular formula is C25H24N2O3. The zero-order valence-electron chi connectivity index (χ0n) is 16.9. The smallest absolute Gasteiger partial charge is 0.263 e. The molecule has 0 radical (unpaired) electrons. The number of amides is 1. The van der Waals surface area contributed by atoms with Gasteiger partial charge in [0.1, 0.15) is 5.56 Å². The third kappa shape index (κ3) is 3.15. The molecule has 1 aliphatic carbocycles. The Morgan fingerprint density at radius 3 is 2.37 bits per heavy atom. The molecule has 2 aliphatic rings. The summed E-state index contributed by atoms with van der Waals surface area (Å²) < 4.78 is 7.27. The van der Waals surface area contributed by atoms with Crippen molar-refractivity contribution in [3.63, 3.8) is 0 Å². The Labute approximate surface area is 175 Å². The molecule has 1 N–H and O–H groups in total. The van der Waals surface area contributed by atoms with Gasteiger partial charge in [0.25, 0.3) is 11.5 Å². The largest absolute Gasteiger partial charge is 0.376 e. The fourth-order valence-electron chi connectivity index (χ4n) is 4.61. The van der Waals surface area contributed by atoms with E-state index in [9.17, 15) is 9.59 Å². The second-order valence-electron chi connectivity index (χ2n) is 8.05. The SMILES string of the molecule is Cc1ccn(CC2CCCO2)c(=O)c1C(=O)NC1c2ccccc2-c2ccccc21. The minimum absolute atomic E-state index is 0.0369. The number of carbonyl (C=O) groups is 1. The van der Waals surface area contributed by atoms with Crippen LogP contribution in [-0.2, 0) is 11.3 Å². The standard InChI is InChI=1S/C25H24N2O3/c1-16-12-13-27(15-17-7-6-14-30-17)25(29)22(16)24(28)26-23-20-10-4-2-8-18(20)19-9-3-5-11-21(19)23/h2-5,8-13,17,23H,6-7,14-15H2,1H3,(H,26,28). The van der Waals surface area contributed by atoms with Gasteiger partial charge in [0.2, 0.25) is 0 Å². The number of fused-ring (bicyclic) bond motifs is 3. The molecule has 152 valence electrons. The van der Waals surface area contributed by atoms with Crippen LogP contribution in [0.2, 0.25) is 0 Å². The molecule has 1 atom stereocenters. The molecular weight excluding hydrogens is 376 g/mol. The van der Waals surface area contributed by atoms with E-state index in [0.29, 0.717) is 12.1 Å². The highest BCUT2D eigenvalue weighted by atomic mass is 16.5. The second-order valence-corrected chi connectivity index (χ2v) is 8.05. The molecule has 0 spiro atoms. The van der Waals surface area contributed by atoms with Crippen molar-refractivity contribution in [2.75, 3.05) is 6.61 Å². The summed E-state index contributed by atoms with van der Waals surface area (Å²) in [6.45, 7) is 3.02. The lowest BCUT2D eigenvalue weighted by atomic mass is 10.0. The molecule has 30 heavy (non-hydrogen) atoms. The van der Waals surface area contributed by atoms with Crippen LogP contribution in [0.15, 0.2) is 65.6 Å². The minimum Gasteiger partial charge on any atom is -0.376 e. The Balaban J connectivity index is 1.48. The molecule has 0 saturated carbocycles. The second kappa shape index (κ2) is 7.58. The quantitative estimate of drug-likeness (QED) is 0.724. The van der Waals surface area contributed by atoms with Crippen molar-refractivity contribution in [1.29, 1.82) is 0 Å². The van der Waals surface area contributed by atoms with Gasteiger partial charge in [0, 0.05) is 12.8 Å². The highest BCUT2D eigenvalue weighted by Gasteiger charge is 2.30. The summed E-state index contributed by atoms with van der Waals surface area (Å²) in [5.74, 6) is -0.337. The molecule has 3 aromatic rings. The molecule has 1 saturated heterocycles. The summed E-state index contributed by atoms with van der Waals surface area (Å²) >= 11 is 0. The van der Waals surface area contributed by atoms with E-state index < -0.39 is 0 Å². The number of nitrogens with zero attached hydrogens (tertiary/aromatic N) is 1. The molecule has 1 fully saturated rings. The number of nitrogens with one attached hydrogen (secondary N) is 1. The summed E-state index contributed by atoms with van der Waals surface area (Å²) in [7, 11) is 0. The molecule has 5 rings (SSSR count). The van der Waals surface area contributed by atoms with E-state index in [4.69, 9.17) is 4.74 Å². The number of benzene rings is 2. The van der Waals surface area contributed by atoms with Crippen LogP contribution >= 0.6 is 0 Å². The number of rotatable bonds is 4. The Morgan fingerprint density at radius 2 is 1.73 bits per heavy atom. The van der Waals surface area contributed by atoms with Crippen LogP contribution in [0, 0.1) is 6.92 Å². The molecule has 0 bridgehead atoms. The van der Waals surface area contributed by atoms with E-state index in [1.54, 1.807) is 10.8 Å². The molecule has 2 aromatic carbocycles. The van der Waals surface area contributed by atoms with E-state index >= 15 is 0 Å². The molecule has 5 nitrogen and oxygen atoms in total. The van der Waals surface area contributed by atoms with Crippen molar-refractivity contribution in [3.8, 4) is 11.1 Å². The first-order valence-electron chi connectivity index (χ1n) is 10.4. The molecule has 1 aromatic heterocycles. The van der Waals surface area contributed by atoms with Gasteiger partial charge in [-0.25, -0.2) is 0 Å². The van der Waals surface area contributed by atoms with Gasteiger partial charge in [-0.3, -0.25) is 9.59 Å². The fraction of sp³-hybridized carbons (Fsp3) is 0.280. The number of aryl methyl sites for hydroxylation is 1. The normalized spacial score (nSPS) is 17.6. The summed E-state index contributed by atoms with van der Waals surface area (Å²) in [6.07, 6.45) is 3.75. The predicted octanol–water partition coefficient (Wildman–Crippen LogP) is 3.84. The minimum atomic E-state index is -0.337. The van der Waals surface area contributed by atoms with E-state index in [1.807, 2.05) is 49.4 Å². The average Bonchev–Trinajstić information content (AvgIpc) is 3.37. The van der Waals surface area contributed by atoms with Crippen LogP contribution < -0.4 is 10.9 Å². The zero-order valence-corrected chi connectivity index (χ0v) is 16.9. The third-order valence-electron chi connectivity index (χ3n) is 6.13. The van der Waals surface area contributed by atoms with Gasteiger partial charge >= 0.3 is 0 Å². The maximum Gasteiger partial charge on any atom is 0.263 e. The molecule has 1 aliphatic heterocycles. The van der Waals surface area contributed by atoms with Crippen molar-refractivity contribution in [3.05, 3.63) is 93.4 Å². The summed E-state index contributed by atoms with van der Waals surface area (Å²) in [6, 6.07) is 17.7. The number of hydrogen-bond acceptors (Lipinski definition) is 3. The van der Waals surface area contributed by atoms with Crippen molar-refractivity contribution in [1.82, 2.24) is 9.88 Å². The van der Waals surface area contributed by atoms with Gasteiger partial charge in [-0.05, 0) is 53.6 Å². The fourth-order valence-corrected chi connectivity index (χ4v) is 4.61. The maximum absolute atomic E-state index is 13.3. The lowest BCUT2D eigenvalue weighted by Crippen LogP contribution is -2.37. The van der Waals surface area contributed by atoms with Gasteiger partial charge in [0.05, 0.1) is 18.7 Å². The Kier molecular flexibility index (Phi) is 4.75. The number of pyridine rings is 1. The highest BCUT2D eigenvalue weighted by Crippen LogP contribution is 2.43. The van der Waals surface area contributed by atoms with E-state index in [0.717, 1.165) is 41.7 Å². The molecule has 1 unspecified atom stereocenters. The van der Waals surface area contributed by atoms with Gasteiger partial charge < -0.3 is 14.6 Å². The topological polar surface area (TPSA) is 60.3 Å². The van der Waals surface area contributed by atoms with Gasteiger partial charge in [-0.2, -0.15) is 0 Å². The van der Waals surface area contributed by atoms with Crippen LogP contribution in [0.1, 0.15) is 45.9 Å². The average molecular weight is 400 g/mol. The number of aromatic nitrogens is 1. The number of ether oxygens (including phenoxy) is 1. The molecule has 5 heteroatoms. The van der Waals surface area contributed by atoms with Crippen molar-refractivity contribution < 1.29 is 9.53 Å². The molecule has 2 heterocycles. The third-order valence-corrected chi connectivity index (χ3v) is 6.13. The van der Waals surface area contributed by atoms with Crippen LogP contribution in [0.3, 0.4) is 0 Å². The van der Waals surface area contributed by atoms with Crippen molar-refractivity contribution in [2.24, 2.45) is 0 Å². The Morgan fingerprint density at radius 1 is 1.07 bits per heavy atom. The zero-order chi connectivity index (χ0) is 20.7. The predicted molar refractivity (Wildman–Crippen MR) is 116 cm³/mol.